The zero-order valence-electron chi connectivity index (χ0n) is 14.1. The van der Waals surface area contributed by atoms with Gasteiger partial charge in [0.2, 0.25) is 5.91 Å². The smallest absolute Gasteiger partial charge is 0.231 e. The molecule has 25 heavy (non-hydrogen) atoms. The maximum absolute atomic E-state index is 12.6. The Kier molecular flexibility index (Phi) is 3.91. The van der Waals surface area contributed by atoms with Gasteiger partial charge in [0.25, 0.3) is 0 Å². The summed E-state index contributed by atoms with van der Waals surface area (Å²) in [6, 6.07) is 16.8. The van der Waals surface area contributed by atoms with E-state index in [4.69, 9.17) is 10.7 Å². The van der Waals surface area contributed by atoms with Gasteiger partial charge >= 0.3 is 0 Å². The molecule has 2 aromatic rings. The van der Waals surface area contributed by atoms with Crippen LogP contribution in [0.2, 0.25) is 0 Å². The number of guanidine groups is 1. The molecule has 0 fully saturated rings. The van der Waals surface area contributed by atoms with Crippen molar-refractivity contribution < 1.29 is 4.79 Å². The van der Waals surface area contributed by atoms with Crippen LogP contribution in [0, 0.1) is 0 Å². The topological polar surface area (TPSA) is 58.7 Å². The van der Waals surface area contributed by atoms with Crippen molar-refractivity contribution in [3.8, 4) is 0 Å². The molecule has 128 valence electrons. The second-order valence-corrected chi connectivity index (χ2v) is 7.86. The van der Waals surface area contributed by atoms with Gasteiger partial charge in [-0.3, -0.25) is 9.69 Å². The molecule has 0 bridgehead atoms. The van der Waals surface area contributed by atoms with Gasteiger partial charge in [-0.1, -0.05) is 52.3 Å². The highest BCUT2D eigenvalue weighted by molar-refractivity contribution is 9.10. The number of carbonyl (C=O) groups is 1. The van der Waals surface area contributed by atoms with E-state index in [0.717, 1.165) is 22.9 Å². The molecule has 2 atom stereocenters. The second kappa shape index (κ2) is 5.99. The summed E-state index contributed by atoms with van der Waals surface area (Å²) in [5, 5.41) is 0. The van der Waals surface area contributed by atoms with Crippen LogP contribution in [0.15, 0.2) is 58.0 Å². The Balaban J connectivity index is 1.87. The molecule has 0 radical (unpaired) electrons. The minimum Gasteiger partial charge on any atom is -0.369 e. The van der Waals surface area contributed by atoms with E-state index in [-0.39, 0.29) is 5.91 Å². The summed E-state index contributed by atoms with van der Waals surface area (Å²) >= 11 is 3.57. The van der Waals surface area contributed by atoms with Gasteiger partial charge in [0.15, 0.2) is 5.96 Å². The molecule has 2 aromatic carbocycles. The third-order valence-electron chi connectivity index (χ3n) is 5.38. The van der Waals surface area contributed by atoms with Crippen molar-refractivity contribution in [2.75, 3.05) is 7.05 Å². The van der Waals surface area contributed by atoms with Gasteiger partial charge < -0.3 is 5.73 Å². The number of amides is 1. The van der Waals surface area contributed by atoms with E-state index in [0.29, 0.717) is 18.3 Å². The van der Waals surface area contributed by atoms with Crippen LogP contribution in [0.25, 0.3) is 0 Å². The first-order valence-electron chi connectivity index (χ1n) is 8.44. The molecule has 1 spiro atoms. The monoisotopic (exact) mass is 397 g/mol. The number of fused-ring (bicyclic) bond motifs is 2. The number of hydrogen-bond donors (Lipinski definition) is 1. The first-order valence-corrected chi connectivity index (χ1v) is 9.23. The average molecular weight is 398 g/mol. The first kappa shape index (κ1) is 16.3. The lowest BCUT2D eigenvalue weighted by molar-refractivity contribution is -0.128. The van der Waals surface area contributed by atoms with Crippen LogP contribution in [0.4, 0.5) is 0 Å². The van der Waals surface area contributed by atoms with Gasteiger partial charge in [-0.25, -0.2) is 4.99 Å². The summed E-state index contributed by atoms with van der Waals surface area (Å²) < 4.78 is 1.00. The highest BCUT2D eigenvalue weighted by Crippen LogP contribution is 2.48. The predicted octanol–water partition coefficient (Wildman–Crippen LogP) is 3.55. The molecule has 1 aliphatic heterocycles. The molecular formula is C20H20BrN3O. The van der Waals surface area contributed by atoms with Crippen molar-refractivity contribution >= 4 is 27.8 Å². The number of nitrogens with zero attached hydrogens (tertiary/aromatic N) is 2. The second-order valence-electron chi connectivity index (χ2n) is 6.95. The lowest BCUT2D eigenvalue weighted by atomic mass is 9.68. The highest BCUT2D eigenvalue weighted by atomic mass is 79.9. The largest absolute Gasteiger partial charge is 0.369 e. The maximum atomic E-state index is 12.6. The summed E-state index contributed by atoms with van der Waals surface area (Å²) in [4.78, 5) is 18.9. The van der Waals surface area contributed by atoms with Gasteiger partial charge in [0.1, 0.15) is 0 Å². The number of rotatable bonds is 1. The zero-order chi connectivity index (χ0) is 17.6. The van der Waals surface area contributed by atoms with E-state index in [1.165, 1.54) is 16.0 Å². The van der Waals surface area contributed by atoms with Crippen LogP contribution in [0.1, 0.15) is 35.4 Å². The van der Waals surface area contributed by atoms with Crippen molar-refractivity contribution in [3.63, 3.8) is 0 Å². The summed E-state index contributed by atoms with van der Waals surface area (Å²) in [5.74, 6) is 0.644. The van der Waals surface area contributed by atoms with Crippen LogP contribution < -0.4 is 5.73 Å². The summed E-state index contributed by atoms with van der Waals surface area (Å²) in [5.41, 5.74) is 9.18. The SMILES string of the molecule is CN1C(=O)CC2(CC(c3ccccc3)Cc3ccc(Br)cc32)N=C1N. The Hall–Kier alpha value is -2.14. The minimum atomic E-state index is -0.578. The predicted molar refractivity (Wildman–Crippen MR) is 102 cm³/mol. The highest BCUT2D eigenvalue weighted by Gasteiger charge is 2.46. The molecular weight excluding hydrogens is 378 g/mol. The molecule has 4 rings (SSSR count). The quantitative estimate of drug-likeness (QED) is 0.799. The number of nitrogens with two attached hydrogens (primary N) is 1. The summed E-state index contributed by atoms with van der Waals surface area (Å²) in [6.07, 6.45) is 2.10. The van der Waals surface area contributed by atoms with E-state index in [1.54, 1.807) is 7.05 Å². The molecule has 2 unspecified atom stereocenters. The number of aliphatic imine (C=N–C) groups is 1. The Labute approximate surface area is 155 Å². The molecule has 0 saturated heterocycles. The Bertz CT molecular complexity index is 864. The van der Waals surface area contributed by atoms with Crippen molar-refractivity contribution in [1.82, 2.24) is 4.90 Å². The van der Waals surface area contributed by atoms with Gasteiger partial charge in [-0.05, 0) is 47.6 Å². The number of halogens is 1. The van der Waals surface area contributed by atoms with Crippen LogP contribution in [-0.2, 0) is 16.8 Å². The van der Waals surface area contributed by atoms with E-state index >= 15 is 0 Å². The summed E-state index contributed by atoms with van der Waals surface area (Å²) in [7, 11) is 1.69. The molecule has 5 heteroatoms. The standard InChI is InChI=1S/C20H20BrN3O/c1-24-18(25)12-20(23-19(24)22)11-15(13-5-3-2-4-6-13)9-14-7-8-16(21)10-17(14)20/h2-8,10,15H,9,11-12H2,1H3,(H2,22,23). The van der Waals surface area contributed by atoms with Gasteiger partial charge in [0.05, 0.1) is 12.0 Å². The van der Waals surface area contributed by atoms with E-state index in [1.807, 2.05) is 6.07 Å². The summed E-state index contributed by atoms with van der Waals surface area (Å²) in [6.45, 7) is 0. The number of benzene rings is 2. The molecule has 4 nitrogen and oxygen atoms in total. The van der Waals surface area contributed by atoms with E-state index in [2.05, 4.69) is 58.4 Å². The molecule has 1 heterocycles. The first-order chi connectivity index (χ1) is 12.0. The van der Waals surface area contributed by atoms with Crippen LogP contribution in [0.5, 0.6) is 0 Å². The third kappa shape index (κ3) is 2.76. The van der Waals surface area contributed by atoms with Crippen molar-refractivity contribution in [1.29, 1.82) is 0 Å². The molecule has 0 aromatic heterocycles. The lowest BCUT2D eigenvalue weighted by Gasteiger charge is -2.43. The van der Waals surface area contributed by atoms with Crippen LogP contribution in [0.3, 0.4) is 0 Å². The minimum absolute atomic E-state index is 0.0205. The molecule has 0 saturated carbocycles. The Morgan fingerprint density at radius 1 is 1.24 bits per heavy atom. The van der Waals surface area contributed by atoms with E-state index in [9.17, 15) is 4.79 Å². The fourth-order valence-electron chi connectivity index (χ4n) is 4.08. The average Bonchev–Trinajstić information content (AvgIpc) is 2.61. The fraction of sp³-hybridized carbons (Fsp3) is 0.300. The van der Waals surface area contributed by atoms with Crippen LogP contribution >= 0.6 is 15.9 Å². The number of hydrogen-bond acceptors (Lipinski definition) is 3. The van der Waals surface area contributed by atoms with Crippen molar-refractivity contribution in [2.24, 2.45) is 10.7 Å². The molecule has 1 amide bonds. The van der Waals surface area contributed by atoms with Gasteiger partial charge in [-0.15, -0.1) is 0 Å². The van der Waals surface area contributed by atoms with Gasteiger partial charge in [0, 0.05) is 11.5 Å². The number of carbonyl (C=O) groups excluding carboxylic acids is 1. The molecule has 2 N–H and O–H groups in total. The Morgan fingerprint density at radius 2 is 2.00 bits per heavy atom. The fourth-order valence-corrected chi connectivity index (χ4v) is 4.44. The maximum Gasteiger partial charge on any atom is 0.231 e. The zero-order valence-corrected chi connectivity index (χ0v) is 15.7. The Morgan fingerprint density at radius 3 is 2.72 bits per heavy atom. The normalized spacial score (nSPS) is 25.7. The van der Waals surface area contributed by atoms with Crippen molar-refractivity contribution in [2.45, 2.75) is 30.7 Å². The van der Waals surface area contributed by atoms with Gasteiger partial charge in [-0.2, -0.15) is 0 Å². The third-order valence-corrected chi connectivity index (χ3v) is 5.88. The molecule has 2 aliphatic rings. The molecule has 1 aliphatic carbocycles. The lowest BCUT2D eigenvalue weighted by Crippen LogP contribution is -2.50. The van der Waals surface area contributed by atoms with E-state index < -0.39 is 5.54 Å². The van der Waals surface area contributed by atoms with Crippen LogP contribution in [-0.4, -0.2) is 23.8 Å². The van der Waals surface area contributed by atoms with Crippen molar-refractivity contribution in [3.05, 3.63) is 69.7 Å².